The molecule has 0 aliphatic carbocycles. The molecule has 8 heteroatoms. The highest BCUT2D eigenvalue weighted by molar-refractivity contribution is 14.0. The van der Waals surface area contributed by atoms with Gasteiger partial charge in [0.25, 0.3) is 5.91 Å². The fourth-order valence-corrected chi connectivity index (χ4v) is 3.25. The SMILES string of the molecule is CCNC(=NCc1cccc(C(=O)NC(C)CC)c1)NCC(C)(O)c1cc(C)oc1C.I. The van der Waals surface area contributed by atoms with E-state index in [0.717, 1.165) is 23.3 Å². The van der Waals surface area contributed by atoms with Crippen molar-refractivity contribution in [1.29, 1.82) is 0 Å². The highest BCUT2D eigenvalue weighted by Crippen LogP contribution is 2.26. The minimum absolute atomic E-state index is 0. The number of carbonyl (C=O) groups is 1. The van der Waals surface area contributed by atoms with Crippen molar-refractivity contribution in [2.24, 2.45) is 4.99 Å². The van der Waals surface area contributed by atoms with E-state index in [9.17, 15) is 9.90 Å². The summed E-state index contributed by atoms with van der Waals surface area (Å²) in [6.07, 6.45) is 0.884. The van der Waals surface area contributed by atoms with Crippen LogP contribution in [0.3, 0.4) is 0 Å². The molecule has 0 saturated heterocycles. The van der Waals surface area contributed by atoms with Gasteiger partial charge in [-0.2, -0.15) is 0 Å². The number of furan rings is 1. The van der Waals surface area contributed by atoms with Crippen LogP contribution in [0.1, 0.15) is 67.1 Å². The third-order valence-electron chi connectivity index (χ3n) is 5.16. The number of aliphatic hydroxyl groups is 1. The Labute approximate surface area is 208 Å². The number of aliphatic imine (C=N–C) groups is 1. The van der Waals surface area contributed by atoms with Gasteiger partial charge in [0.15, 0.2) is 5.96 Å². The summed E-state index contributed by atoms with van der Waals surface area (Å²) < 4.78 is 5.56. The molecule has 178 valence electrons. The first-order chi connectivity index (χ1) is 14.7. The Morgan fingerprint density at radius 1 is 1.22 bits per heavy atom. The van der Waals surface area contributed by atoms with Gasteiger partial charge in [0, 0.05) is 23.7 Å². The molecule has 2 rings (SSSR count). The summed E-state index contributed by atoms with van der Waals surface area (Å²) in [6.45, 7) is 12.8. The molecule has 0 bridgehead atoms. The second-order valence-corrected chi connectivity index (χ2v) is 8.13. The van der Waals surface area contributed by atoms with Crippen LogP contribution in [-0.2, 0) is 12.1 Å². The lowest BCUT2D eigenvalue weighted by Gasteiger charge is -2.24. The monoisotopic (exact) mass is 556 g/mol. The first-order valence-corrected chi connectivity index (χ1v) is 10.9. The summed E-state index contributed by atoms with van der Waals surface area (Å²) in [5.41, 5.74) is 1.21. The van der Waals surface area contributed by atoms with Gasteiger partial charge in [-0.15, -0.1) is 24.0 Å². The Morgan fingerprint density at radius 3 is 2.53 bits per heavy atom. The minimum Gasteiger partial charge on any atom is -0.466 e. The van der Waals surface area contributed by atoms with Gasteiger partial charge in [-0.1, -0.05) is 19.1 Å². The molecule has 0 aliphatic heterocycles. The van der Waals surface area contributed by atoms with E-state index in [2.05, 4.69) is 20.9 Å². The van der Waals surface area contributed by atoms with E-state index in [1.165, 1.54) is 0 Å². The lowest BCUT2D eigenvalue weighted by Crippen LogP contribution is -2.44. The normalized spacial score (nSPS) is 14.2. The Balaban J connectivity index is 0.00000512. The van der Waals surface area contributed by atoms with Gasteiger partial charge in [-0.05, 0) is 64.8 Å². The summed E-state index contributed by atoms with van der Waals surface area (Å²) >= 11 is 0. The molecule has 0 radical (unpaired) electrons. The molecule has 1 aromatic heterocycles. The van der Waals surface area contributed by atoms with Gasteiger partial charge in [-0.25, -0.2) is 4.99 Å². The predicted molar refractivity (Wildman–Crippen MR) is 140 cm³/mol. The fraction of sp³-hybridized carbons (Fsp3) is 0.500. The Kier molecular flexibility index (Phi) is 11.2. The second-order valence-electron chi connectivity index (χ2n) is 8.13. The van der Waals surface area contributed by atoms with Crippen molar-refractivity contribution in [3.8, 4) is 0 Å². The molecule has 1 aromatic carbocycles. The molecule has 0 saturated carbocycles. The van der Waals surface area contributed by atoms with Gasteiger partial charge in [0.1, 0.15) is 17.1 Å². The molecule has 0 fully saturated rings. The van der Waals surface area contributed by atoms with Crippen LogP contribution in [0.4, 0.5) is 0 Å². The fourth-order valence-electron chi connectivity index (χ4n) is 3.25. The molecule has 7 nitrogen and oxygen atoms in total. The minimum atomic E-state index is -1.11. The average Bonchev–Trinajstić information content (AvgIpc) is 3.09. The standard InChI is InChI=1S/C24H36N4O3.HI/c1-7-16(3)28-22(29)20-11-9-10-19(13-20)14-26-23(25-8-2)27-15-24(6,30)21-12-17(4)31-18(21)5;/h9-13,16,30H,7-8,14-15H2,1-6H3,(H,28,29)(H2,25,26,27);1H. The number of guanidine groups is 1. The zero-order chi connectivity index (χ0) is 23.0. The van der Waals surface area contributed by atoms with E-state index in [1.54, 1.807) is 13.0 Å². The Hall–Kier alpha value is -2.07. The second kappa shape index (κ2) is 12.8. The average molecular weight is 556 g/mol. The maximum absolute atomic E-state index is 12.4. The largest absolute Gasteiger partial charge is 0.466 e. The zero-order valence-corrected chi connectivity index (χ0v) is 22.2. The molecule has 1 amide bonds. The molecule has 0 aliphatic rings. The molecule has 2 atom stereocenters. The smallest absolute Gasteiger partial charge is 0.251 e. The van der Waals surface area contributed by atoms with Crippen molar-refractivity contribution < 1.29 is 14.3 Å². The number of amides is 1. The van der Waals surface area contributed by atoms with Crippen molar-refractivity contribution in [3.05, 3.63) is 58.5 Å². The number of carbonyl (C=O) groups excluding carboxylic acids is 1. The van der Waals surface area contributed by atoms with Gasteiger partial charge < -0.3 is 25.5 Å². The number of benzene rings is 1. The van der Waals surface area contributed by atoms with Crippen molar-refractivity contribution in [1.82, 2.24) is 16.0 Å². The lowest BCUT2D eigenvalue weighted by molar-refractivity contribution is 0.0601. The van der Waals surface area contributed by atoms with Crippen LogP contribution in [0.2, 0.25) is 0 Å². The van der Waals surface area contributed by atoms with E-state index in [0.29, 0.717) is 30.4 Å². The highest BCUT2D eigenvalue weighted by atomic mass is 127. The van der Waals surface area contributed by atoms with Gasteiger partial charge >= 0.3 is 0 Å². The van der Waals surface area contributed by atoms with Crippen molar-refractivity contribution in [2.45, 2.75) is 66.2 Å². The number of halogens is 1. The maximum atomic E-state index is 12.4. The number of hydrogen-bond donors (Lipinski definition) is 4. The van der Waals surface area contributed by atoms with Gasteiger partial charge in [0.05, 0.1) is 13.1 Å². The van der Waals surface area contributed by atoms with Crippen LogP contribution in [0.15, 0.2) is 39.7 Å². The predicted octanol–water partition coefficient (Wildman–Crippen LogP) is 4.01. The van der Waals surface area contributed by atoms with E-state index < -0.39 is 5.60 Å². The number of nitrogens with zero attached hydrogens (tertiary/aromatic N) is 1. The zero-order valence-electron chi connectivity index (χ0n) is 19.9. The molecule has 0 spiro atoms. The van der Waals surface area contributed by atoms with Crippen LogP contribution < -0.4 is 16.0 Å². The molecule has 2 aromatic rings. The van der Waals surface area contributed by atoms with Crippen LogP contribution >= 0.6 is 24.0 Å². The third kappa shape index (κ3) is 8.12. The Bertz CT molecular complexity index is 908. The van der Waals surface area contributed by atoms with Gasteiger partial charge in [-0.3, -0.25) is 4.79 Å². The highest BCUT2D eigenvalue weighted by Gasteiger charge is 2.27. The van der Waals surface area contributed by atoms with E-state index in [-0.39, 0.29) is 42.5 Å². The lowest BCUT2D eigenvalue weighted by atomic mass is 9.96. The van der Waals surface area contributed by atoms with Crippen molar-refractivity contribution in [2.75, 3.05) is 13.1 Å². The van der Waals surface area contributed by atoms with Crippen molar-refractivity contribution in [3.63, 3.8) is 0 Å². The van der Waals surface area contributed by atoms with E-state index in [4.69, 9.17) is 4.42 Å². The van der Waals surface area contributed by atoms with E-state index >= 15 is 0 Å². The molecule has 32 heavy (non-hydrogen) atoms. The number of nitrogens with one attached hydrogen (secondary N) is 3. The van der Waals surface area contributed by atoms with Crippen LogP contribution in [0.25, 0.3) is 0 Å². The Morgan fingerprint density at radius 2 is 1.94 bits per heavy atom. The quantitative estimate of drug-likeness (QED) is 0.213. The first-order valence-electron chi connectivity index (χ1n) is 10.9. The summed E-state index contributed by atoms with van der Waals surface area (Å²) in [4.78, 5) is 17.0. The maximum Gasteiger partial charge on any atom is 0.251 e. The van der Waals surface area contributed by atoms with E-state index in [1.807, 2.05) is 58.9 Å². The molecule has 2 unspecified atom stereocenters. The van der Waals surface area contributed by atoms with Crippen LogP contribution in [-0.4, -0.2) is 36.1 Å². The van der Waals surface area contributed by atoms with Gasteiger partial charge in [0.2, 0.25) is 0 Å². The molecule has 4 N–H and O–H groups in total. The van der Waals surface area contributed by atoms with Crippen molar-refractivity contribution >= 4 is 35.8 Å². The van der Waals surface area contributed by atoms with Crippen LogP contribution in [0.5, 0.6) is 0 Å². The topological polar surface area (TPSA) is 98.9 Å². The number of aryl methyl sites for hydroxylation is 2. The number of rotatable bonds is 9. The summed E-state index contributed by atoms with van der Waals surface area (Å²) in [6, 6.07) is 9.47. The first kappa shape index (κ1) is 28.0. The third-order valence-corrected chi connectivity index (χ3v) is 5.16. The molecule has 1 heterocycles. The molecular weight excluding hydrogens is 519 g/mol. The summed E-state index contributed by atoms with van der Waals surface area (Å²) in [7, 11) is 0. The summed E-state index contributed by atoms with van der Waals surface area (Å²) in [5, 5.41) is 20.3. The van der Waals surface area contributed by atoms with Crippen LogP contribution in [0, 0.1) is 13.8 Å². The number of hydrogen-bond acceptors (Lipinski definition) is 4. The molecular formula is C24H37IN4O3. The summed E-state index contributed by atoms with van der Waals surface area (Å²) in [5.74, 6) is 1.99.